The van der Waals surface area contributed by atoms with Gasteiger partial charge in [-0.25, -0.2) is 4.39 Å². The van der Waals surface area contributed by atoms with E-state index in [0.717, 1.165) is 6.07 Å². The fraction of sp³-hybridized carbons (Fsp3) is 0.250. The highest BCUT2D eigenvalue weighted by molar-refractivity contribution is 7.92. The quantitative estimate of drug-likeness (QED) is 0.778. The number of nitrogens with one attached hydrogen (secondary N) is 3. The van der Waals surface area contributed by atoms with Crippen LogP contribution in [0.2, 0.25) is 0 Å². The Hall–Kier alpha value is -1.93. The molecule has 20 heavy (non-hydrogen) atoms. The summed E-state index contributed by atoms with van der Waals surface area (Å²) in [5.41, 5.74) is 1.37. The average Bonchev–Trinajstić information content (AvgIpc) is 2.72. The highest BCUT2D eigenvalue weighted by atomic mass is 32.2. The molecule has 0 amide bonds. The van der Waals surface area contributed by atoms with Gasteiger partial charge in [0.25, 0.3) is 10.0 Å². The molecule has 0 aliphatic carbocycles. The van der Waals surface area contributed by atoms with Crippen LogP contribution < -0.4 is 10.0 Å². The van der Waals surface area contributed by atoms with Crippen molar-refractivity contribution in [3.8, 4) is 0 Å². The minimum Gasteiger partial charge on any atom is -0.316 e. The minimum atomic E-state index is -3.86. The number of halogens is 1. The second kappa shape index (κ2) is 5.59. The van der Waals surface area contributed by atoms with Crippen LogP contribution in [0, 0.1) is 12.7 Å². The van der Waals surface area contributed by atoms with E-state index in [9.17, 15) is 12.8 Å². The zero-order valence-corrected chi connectivity index (χ0v) is 11.9. The topological polar surface area (TPSA) is 86.9 Å². The van der Waals surface area contributed by atoms with Gasteiger partial charge in [0.2, 0.25) is 5.03 Å². The molecule has 0 unspecified atom stereocenters. The maximum Gasteiger partial charge on any atom is 0.281 e. The molecule has 0 fully saturated rings. The van der Waals surface area contributed by atoms with E-state index in [1.807, 2.05) is 0 Å². The molecule has 0 atom stereocenters. The fourth-order valence-electron chi connectivity index (χ4n) is 1.79. The van der Waals surface area contributed by atoms with Crippen LogP contribution in [0.3, 0.4) is 0 Å². The Morgan fingerprint density at radius 3 is 2.80 bits per heavy atom. The highest BCUT2D eigenvalue weighted by Gasteiger charge is 2.23. The molecular formula is C12H15FN4O2S. The van der Waals surface area contributed by atoms with Gasteiger partial charge >= 0.3 is 0 Å². The zero-order valence-electron chi connectivity index (χ0n) is 11.1. The largest absolute Gasteiger partial charge is 0.316 e. The summed E-state index contributed by atoms with van der Waals surface area (Å²) in [7, 11) is -2.15. The van der Waals surface area contributed by atoms with E-state index in [1.165, 1.54) is 18.2 Å². The molecule has 2 aromatic rings. The maximum atomic E-state index is 13.1. The number of nitrogens with zero attached hydrogens (tertiary/aromatic N) is 1. The van der Waals surface area contributed by atoms with E-state index in [-0.39, 0.29) is 10.7 Å². The van der Waals surface area contributed by atoms with Crippen LogP contribution in [0.5, 0.6) is 0 Å². The summed E-state index contributed by atoms with van der Waals surface area (Å²) in [5.74, 6) is -0.515. The van der Waals surface area contributed by atoms with E-state index < -0.39 is 15.8 Å². The third-order valence-corrected chi connectivity index (χ3v) is 4.07. The van der Waals surface area contributed by atoms with E-state index >= 15 is 0 Å². The minimum absolute atomic E-state index is 0.0892. The lowest BCUT2D eigenvalue weighted by molar-refractivity contribution is 0.595. The maximum absolute atomic E-state index is 13.1. The molecule has 0 aliphatic heterocycles. The molecule has 0 spiro atoms. The van der Waals surface area contributed by atoms with Crippen LogP contribution in [0.1, 0.15) is 11.3 Å². The van der Waals surface area contributed by atoms with Crippen molar-refractivity contribution in [1.82, 2.24) is 15.5 Å². The third-order valence-electron chi connectivity index (χ3n) is 2.72. The molecule has 0 bridgehead atoms. The van der Waals surface area contributed by atoms with Gasteiger partial charge in [-0.2, -0.15) is 13.5 Å². The molecule has 6 nitrogen and oxygen atoms in total. The van der Waals surface area contributed by atoms with Gasteiger partial charge in [0.05, 0.1) is 5.69 Å². The third kappa shape index (κ3) is 2.97. The Bertz CT molecular complexity index is 712. The summed E-state index contributed by atoms with van der Waals surface area (Å²) in [4.78, 5) is 0. The molecular weight excluding hydrogens is 283 g/mol. The summed E-state index contributed by atoms with van der Waals surface area (Å²) in [6.45, 7) is 2.10. The monoisotopic (exact) mass is 298 g/mol. The van der Waals surface area contributed by atoms with Crippen LogP contribution in [0.4, 0.5) is 10.1 Å². The molecule has 0 radical (unpaired) electrons. The number of aromatic amines is 1. The van der Waals surface area contributed by atoms with Crippen LogP contribution in [-0.2, 0) is 16.6 Å². The normalized spacial score (nSPS) is 11.6. The number of hydrogen-bond acceptors (Lipinski definition) is 4. The van der Waals surface area contributed by atoms with E-state index in [4.69, 9.17) is 0 Å². The molecule has 108 valence electrons. The van der Waals surface area contributed by atoms with Crippen molar-refractivity contribution in [3.63, 3.8) is 0 Å². The van der Waals surface area contributed by atoms with Gasteiger partial charge < -0.3 is 5.32 Å². The summed E-state index contributed by atoms with van der Waals surface area (Å²) in [5, 5.41) is 9.25. The van der Waals surface area contributed by atoms with E-state index in [1.54, 1.807) is 14.0 Å². The van der Waals surface area contributed by atoms with Crippen molar-refractivity contribution < 1.29 is 12.8 Å². The Morgan fingerprint density at radius 1 is 1.40 bits per heavy atom. The number of benzene rings is 1. The molecule has 1 heterocycles. The molecule has 0 saturated carbocycles. The first kappa shape index (κ1) is 14.5. The zero-order chi connectivity index (χ0) is 14.8. The Morgan fingerprint density at radius 2 is 2.15 bits per heavy atom. The van der Waals surface area contributed by atoms with Gasteiger partial charge in [-0.05, 0) is 32.2 Å². The van der Waals surface area contributed by atoms with Crippen molar-refractivity contribution in [1.29, 1.82) is 0 Å². The van der Waals surface area contributed by atoms with Crippen molar-refractivity contribution in [3.05, 3.63) is 41.3 Å². The molecule has 0 saturated heterocycles. The average molecular weight is 298 g/mol. The molecule has 1 aromatic carbocycles. The van der Waals surface area contributed by atoms with E-state index in [0.29, 0.717) is 17.8 Å². The van der Waals surface area contributed by atoms with E-state index in [2.05, 4.69) is 20.2 Å². The summed E-state index contributed by atoms with van der Waals surface area (Å²) >= 11 is 0. The second-order valence-electron chi connectivity index (χ2n) is 4.28. The second-order valence-corrected chi connectivity index (χ2v) is 5.88. The molecule has 2 rings (SSSR count). The van der Waals surface area contributed by atoms with Gasteiger partial charge in [-0.1, -0.05) is 6.07 Å². The lowest BCUT2D eigenvalue weighted by atomic mass is 10.3. The van der Waals surface area contributed by atoms with Crippen LogP contribution in [0.15, 0.2) is 29.3 Å². The lowest BCUT2D eigenvalue weighted by Gasteiger charge is -2.08. The smallest absolute Gasteiger partial charge is 0.281 e. The summed E-state index contributed by atoms with van der Waals surface area (Å²) < 4.78 is 39.9. The molecule has 0 aliphatic rings. The standard InChI is InChI=1S/C12H15FN4O2S/c1-8-11(7-14-2)12(16-15-8)20(18,19)17-10-5-3-4-9(13)6-10/h3-6,14,17H,7H2,1-2H3,(H,15,16). The van der Waals surface area contributed by atoms with Gasteiger partial charge in [0.15, 0.2) is 0 Å². The number of aromatic nitrogens is 2. The number of aryl methyl sites for hydroxylation is 1. The van der Waals surface area contributed by atoms with Crippen molar-refractivity contribution in [2.45, 2.75) is 18.5 Å². The molecule has 8 heteroatoms. The van der Waals surface area contributed by atoms with Gasteiger partial charge in [-0.3, -0.25) is 9.82 Å². The first-order chi connectivity index (χ1) is 9.44. The predicted octanol–water partition coefficient (Wildman–Crippen LogP) is 1.38. The van der Waals surface area contributed by atoms with Gasteiger partial charge in [0, 0.05) is 17.8 Å². The number of sulfonamides is 1. The lowest BCUT2D eigenvalue weighted by Crippen LogP contribution is -2.17. The SMILES string of the molecule is CNCc1c(S(=O)(=O)Nc2cccc(F)c2)n[nH]c1C. The van der Waals surface area contributed by atoms with Crippen LogP contribution in [0.25, 0.3) is 0 Å². The van der Waals surface area contributed by atoms with Crippen molar-refractivity contribution in [2.75, 3.05) is 11.8 Å². The van der Waals surface area contributed by atoms with Crippen molar-refractivity contribution in [2.24, 2.45) is 0 Å². The number of hydrogen-bond donors (Lipinski definition) is 3. The van der Waals surface area contributed by atoms with Gasteiger partial charge in [0.1, 0.15) is 5.82 Å². The first-order valence-corrected chi connectivity index (χ1v) is 7.39. The summed E-state index contributed by atoms with van der Waals surface area (Å²) in [6, 6.07) is 5.24. The number of anilines is 1. The summed E-state index contributed by atoms with van der Waals surface area (Å²) in [6.07, 6.45) is 0. The van der Waals surface area contributed by atoms with Crippen LogP contribution in [-0.4, -0.2) is 25.7 Å². The van der Waals surface area contributed by atoms with Crippen LogP contribution >= 0.6 is 0 Å². The number of rotatable bonds is 5. The highest BCUT2D eigenvalue weighted by Crippen LogP contribution is 2.20. The predicted molar refractivity (Wildman–Crippen MR) is 73.3 cm³/mol. The Balaban J connectivity index is 2.36. The fourth-order valence-corrected chi connectivity index (χ4v) is 3.04. The first-order valence-electron chi connectivity index (χ1n) is 5.91. The Labute approximate surface area is 116 Å². The molecule has 1 aromatic heterocycles. The Kier molecular flexibility index (Phi) is 4.05. The molecule has 3 N–H and O–H groups in total. The number of H-pyrrole nitrogens is 1. The van der Waals surface area contributed by atoms with Crippen molar-refractivity contribution >= 4 is 15.7 Å². The van der Waals surface area contributed by atoms with Gasteiger partial charge in [-0.15, -0.1) is 0 Å².